The molecular weight excluding hydrogens is 329 g/mol. The monoisotopic (exact) mass is 340 g/mol. The van der Waals surface area contributed by atoms with Crippen LogP contribution < -0.4 is 4.74 Å². The Balaban J connectivity index is 2.60. The van der Waals surface area contributed by atoms with E-state index in [1.54, 1.807) is 6.07 Å². The van der Waals surface area contributed by atoms with E-state index in [0.29, 0.717) is 10.2 Å². The van der Waals surface area contributed by atoms with Crippen LogP contribution in [0.2, 0.25) is 0 Å². The molecule has 0 aromatic heterocycles. The molecule has 0 saturated heterocycles. The summed E-state index contributed by atoms with van der Waals surface area (Å²) in [6.45, 7) is -0.0806. The summed E-state index contributed by atoms with van der Waals surface area (Å²) in [5.74, 6) is -0.224. The van der Waals surface area contributed by atoms with E-state index in [9.17, 15) is 18.0 Å². The van der Waals surface area contributed by atoms with Gasteiger partial charge < -0.3 is 9.47 Å². The summed E-state index contributed by atoms with van der Waals surface area (Å²) >= 11 is 3.19. The Kier molecular flexibility index (Phi) is 5.65. The predicted molar refractivity (Wildman–Crippen MR) is 66.3 cm³/mol. The summed E-state index contributed by atoms with van der Waals surface area (Å²) < 4.78 is 46.2. The number of alkyl halides is 3. The highest BCUT2D eigenvalue weighted by atomic mass is 79.9. The fourth-order valence-electron chi connectivity index (χ4n) is 1.31. The molecule has 106 valence electrons. The van der Waals surface area contributed by atoms with E-state index >= 15 is 0 Å². The van der Waals surface area contributed by atoms with E-state index in [4.69, 9.17) is 4.74 Å². The van der Waals surface area contributed by atoms with Gasteiger partial charge in [-0.25, -0.2) is 4.79 Å². The number of carbonyl (C=O) groups is 1. The van der Waals surface area contributed by atoms with E-state index < -0.39 is 18.6 Å². The number of ether oxygens (including phenoxy) is 2. The van der Waals surface area contributed by atoms with Crippen LogP contribution in [0.15, 0.2) is 22.7 Å². The lowest BCUT2D eigenvalue weighted by Crippen LogP contribution is -2.10. The average Bonchev–Trinajstić information content (AvgIpc) is 2.34. The Morgan fingerprint density at radius 3 is 2.63 bits per heavy atom. The van der Waals surface area contributed by atoms with Crippen LogP contribution in [0.5, 0.6) is 5.75 Å². The van der Waals surface area contributed by atoms with Gasteiger partial charge in [-0.15, -0.1) is 0 Å². The lowest BCUT2D eigenvalue weighted by Gasteiger charge is -2.10. The van der Waals surface area contributed by atoms with Crippen molar-refractivity contribution in [3.05, 3.63) is 28.2 Å². The molecule has 0 atom stereocenters. The number of hydrogen-bond acceptors (Lipinski definition) is 3. The lowest BCUT2D eigenvalue weighted by molar-refractivity contribution is -0.136. The third-order valence-corrected chi connectivity index (χ3v) is 2.87. The highest BCUT2D eigenvalue weighted by Crippen LogP contribution is 2.27. The smallest absolute Gasteiger partial charge is 0.389 e. The van der Waals surface area contributed by atoms with Gasteiger partial charge in [-0.05, 0) is 40.5 Å². The van der Waals surface area contributed by atoms with Crippen molar-refractivity contribution in [2.24, 2.45) is 0 Å². The van der Waals surface area contributed by atoms with Crippen LogP contribution in [0.3, 0.4) is 0 Å². The molecule has 0 amide bonds. The topological polar surface area (TPSA) is 35.5 Å². The summed E-state index contributed by atoms with van der Waals surface area (Å²) in [6.07, 6.45) is -5.23. The van der Waals surface area contributed by atoms with Crippen LogP contribution in [0.4, 0.5) is 13.2 Å². The molecule has 0 aliphatic rings. The van der Waals surface area contributed by atoms with E-state index in [-0.39, 0.29) is 18.6 Å². The molecule has 0 bridgehead atoms. The number of esters is 1. The molecule has 0 fully saturated rings. The fraction of sp³-hybridized carbons (Fsp3) is 0.417. The van der Waals surface area contributed by atoms with Gasteiger partial charge in [0.25, 0.3) is 0 Å². The SMILES string of the molecule is COC(=O)c1ccc(Br)c(OCCCC(F)(F)F)c1. The Bertz CT molecular complexity index is 446. The van der Waals surface area contributed by atoms with Gasteiger partial charge in [0, 0.05) is 6.42 Å². The predicted octanol–water partition coefficient (Wildman–Crippen LogP) is 3.96. The van der Waals surface area contributed by atoms with Gasteiger partial charge in [0.15, 0.2) is 0 Å². The number of hydrogen-bond donors (Lipinski definition) is 0. The lowest BCUT2D eigenvalue weighted by atomic mass is 10.2. The Hall–Kier alpha value is -1.24. The minimum absolute atomic E-state index is 0.0806. The van der Waals surface area contributed by atoms with Crippen molar-refractivity contribution in [2.75, 3.05) is 13.7 Å². The summed E-state index contributed by atoms with van der Waals surface area (Å²) in [4.78, 5) is 11.3. The molecule has 0 aliphatic heterocycles. The van der Waals surface area contributed by atoms with Crippen molar-refractivity contribution in [1.82, 2.24) is 0 Å². The van der Waals surface area contributed by atoms with Crippen LogP contribution in [0.25, 0.3) is 0 Å². The molecule has 7 heteroatoms. The van der Waals surface area contributed by atoms with Crippen LogP contribution >= 0.6 is 15.9 Å². The van der Waals surface area contributed by atoms with Crippen molar-refractivity contribution in [2.45, 2.75) is 19.0 Å². The summed E-state index contributed by atoms with van der Waals surface area (Å²) in [5, 5.41) is 0. The summed E-state index contributed by atoms with van der Waals surface area (Å²) in [5.41, 5.74) is 0.275. The molecule has 0 unspecified atom stereocenters. The molecule has 1 aromatic carbocycles. The van der Waals surface area contributed by atoms with Gasteiger partial charge in [0.1, 0.15) is 5.75 Å². The van der Waals surface area contributed by atoms with Crippen molar-refractivity contribution in [1.29, 1.82) is 0 Å². The fourth-order valence-corrected chi connectivity index (χ4v) is 1.67. The normalized spacial score (nSPS) is 11.2. The Labute approximate surface area is 116 Å². The molecule has 3 nitrogen and oxygen atoms in total. The molecular formula is C12H12BrF3O3. The molecule has 1 aromatic rings. The van der Waals surface area contributed by atoms with Crippen LogP contribution in [0, 0.1) is 0 Å². The highest BCUT2D eigenvalue weighted by molar-refractivity contribution is 9.10. The Morgan fingerprint density at radius 1 is 1.37 bits per heavy atom. The van der Waals surface area contributed by atoms with Crippen molar-refractivity contribution >= 4 is 21.9 Å². The van der Waals surface area contributed by atoms with Crippen molar-refractivity contribution < 1.29 is 27.4 Å². The van der Waals surface area contributed by atoms with E-state index in [1.165, 1.54) is 19.2 Å². The number of carbonyl (C=O) groups excluding carboxylic acids is 1. The van der Waals surface area contributed by atoms with Crippen LogP contribution in [0.1, 0.15) is 23.2 Å². The van der Waals surface area contributed by atoms with Gasteiger partial charge in [-0.2, -0.15) is 13.2 Å². The van der Waals surface area contributed by atoms with Crippen molar-refractivity contribution in [3.63, 3.8) is 0 Å². The zero-order valence-corrected chi connectivity index (χ0v) is 11.7. The zero-order valence-electron chi connectivity index (χ0n) is 10.1. The number of methoxy groups -OCH3 is 1. The molecule has 0 radical (unpaired) electrons. The zero-order chi connectivity index (χ0) is 14.5. The summed E-state index contributed by atoms with van der Waals surface area (Å²) in [6, 6.07) is 4.52. The van der Waals surface area contributed by atoms with E-state index in [0.717, 1.165) is 0 Å². The Morgan fingerprint density at radius 2 is 2.05 bits per heavy atom. The quantitative estimate of drug-likeness (QED) is 0.601. The molecule has 0 spiro atoms. The number of halogens is 4. The average molecular weight is 341 g/mol. The first-order valence-electron chi connectivity index (χ1n) is 5.41. The number of rotatable bonds is 5. The first-order valence-corrected chi connectivity index (χ1v) is 6.20. The second kappa shape index (κ2) is 6.79. The third-order valence-electron chi connectivity index (χ3n) is 2.21. The maximum Gasteiger partial charge on any atom is 0.389 e. The largest absolute Gasteiger partial charge is 0.492 e. The highest BCUT2D eigenvalue weighted by Gasteiger charge is 2.26. The van der Waals surface area contributed by atoms with Gasteiger partial charge in [0.2, 0.25) is 0 Å². The van der Waals surface area contributed by atoms with Gasteiger partial charge in [-0.3, -0.25) is 0 Å². The summed E-state index contributed by atoms with van der Waals surface area (Å²) in [7, 11) is 1.24. The van der Waals surface area contributed by atoms with Crippen LogP contribution in [-0.4, -0.2) is 25.9 Å². The molecule has 0 heterocycles. The minimum Gasteiger partial charge on any atom is -0.492 e. The van der Waals surface area contributed by atoms with Crippen molar-refractivity contribution in [3.8, 4) is 5.75 Å². The van der Waals surface area contributed by atoms with Gasteiger partial charge >= 0.3 is 12.1 Å². The van der Waals surface area contributed by atoms with Crippen LogP contribution in [-0.2, 0) is 4.74 Å². The molecule has 19 heavy (non-hydrogen) atoms. The second-order valence-electron chi connectivity index (χ2n) is 3.70. The second-order valence-corrected chi connectivity index (χ2v) is 4.56. The van der Waals surface area contributed by atoms with E-state index in [2.05, 4.69) is 20.7 Å². The van der Waals surface area contributed by atoms with Gasteiger partial charge in [-0.1, -0.05) is 0 Å². The first kappa shape index (κ1) is 15.8. The van der Waals surface area contributed by atoms with Gasteiger partial charge in [0.05, 0.1) is 23.8 Å². The third kappa shape index (κ3) is 5.50. The standard InChI is InChI=1S/C12H12BrF3O3/c1-18-11(17)8-3-4-9(13)10(7-8)19-6-2-5-12(14,15)16/h3-4,7H,2,5-6H2,1H3. The van der Waals surface area contributed by atoms with E-state index in [1.807, 2.05) is 0 Å². The number of benzene rings is 1. The minimum atomic E-state index is -4.19. The molecule has 0 aliphatic carbocycles. The molecule has 0 saturated carbocycles. The maximum atomic E-state index is 12.0. The maximum absolute atomic E-state index is 12.0. The molecule has 0 N–H and O–H groups in total. The first-order chi connectivity index (χ1) is 8.83. The molecule has 1 rings (SSSR count).